The van der Waals surface area contributed by atoms with Crippen molar-refractivity contribution in [1.82, 2.24) is 15.1 Å². The zero-order valence-electron chi connectivity index (χ0n) is 11.1. The van der Waals surface area contributed by atoms with Crippen LogP contribution in [0.3, 0.4) is 0 Å². The lowest BCUT2D eigenvalue weighted by Crippen LogP contribution is -1.91. The molecular formula is C14H14N4O. The van der Waals surface area contributed by atoms with Crippen LogP contribution in [0.15, 0.2) is 22.7 Å². The summed E-state index contributed by atoms with van der Waals surface area (Å²) in [5, 5.41) is 13.0. The lowest BCUT2D eigenvalue weighted by Gasteiger charge is -1.95. The van der Waals surface area contributed by atoms with Gasteiger partial charge in [0.25, 0.3) is 0 Å². The number of pyridine rings is 1. The van der Waals surface area contributed by atoms with E-state index in [0.717, 1.165) is 5.69 Å². The lowest BCUT2D eigenvalue weighted by atomic mass is 10.1. The van der Waals surface area contributed by atoms with Gasteiger partial charge in [0.1, 0.15) is 5.69 Å². The van der Waals surface area contributed by atoms with Crippen molar-refractivity contribution in [3.63, 3.8) is 0 Å². The molecule has 2 heterocycles. The highest BCUT2D eigenvalue weighted by Crippen LogP contribution is 2.63. The molecule has 0 saturated heterocycles. The fourth-order valence-electron chi connectivity index (χ4n) is 2.47. The topological polar surface area (TPSA) is 75.6 Å². The first-order chi connectivity index (χ1) is 9.04. The lowest BCUT2D eigenvalue weighted by molar-refractivity contribution is 0.368. The van der Waals surface area contributed by atoms with Gasteiger partial charge in [0.2, 0.25) is 11.7 Å². The Morgan fingerprint density at radius 1 is 1.32 bits per heavy atom. The highest BCUT2D eigenvalue weighted by Gasteiger charge is 2.62. The highest BCUT2D eigenvalue weighted by atomic mass is 16.5. The van der Waals surface area contributed by atoms with Crippen LogP contribution in [0, 0.1) is 29.6 Å². The fraction of sp³-hybridized carbons (Fsp3) is 0.429. The Morgan fingerprint density at radius 2 is 2.11 bits per heavy atom. The van der Waals surface area contributed by atoms with Crippen molar-refractivity contribution >= 4 is 0 Å². The second-order valence-corrected chi connectivity index (χ2v) is 5.53. The Hall–Kier alpha value is -2.22. The van der Waals surface area contributed by atoms with Gasteiger partial charge in [-0.15, -0.1) is 0 Å². The molecule has 2 unspecified atom stereocenters. The summed E-state index contributed by atoms with van der Waals surface area (Å²) in [6.45, 7) is 6.00. The molecular weight excluding hydrogens is 240 g/mol. The predicted molar refractivity (Wildman–Crippen MR) is 67.9 cm³/mol. The van der Waals surface area contributed by atoms with Crippen LogP contribution in [-0.4, -0.2) is 15.1 Å². The Bertz CT molecular complexity index is 668. The Morgan fingerprint density at radius 3 is 2.74 bits per heavy atom. The van der Waals surface area contributed by atoms with Crippen molar-refractivity contribution in [3.8, 4) is 17.6 Å². The molecule has 0 bridgehead atoms. The quantitative estimate of drug-likeness (QED) is 0.823. The molecule has 19 heavy (non-hydrogen) atoms. The maximum Gasteiger partial charge on any atom is 0.232 e. The molecule has 5 heteroatoms. The maximum atomic E-state index is 9.08. The molecule has 2 aromatic rings. The third kappa shape index (κ3) is 1.80. The predicted octanol–water partition coefficient (Wildman–Crippen LogP) is 2.70. The minimum Gasteiger partial charge on any atom is -0.339 e. The molecule has 0 spiro atoms. The molecule has 1 aliphatic rings. The summed E-state index contributed by atoms with van der Waals surface area (Å²) in [6.07, 6.45) is 0. The molecule has 0 radical (unpaired) electrons. The minimum absolute atomic E-state index is 0.0311. The number of aromatic nitrogens is 3. The molecule has 96 valence electrons. The van der Waals surface area contributed by atoms with Crippen molar-refractivity contribution in [1.29, 1.82) is 5.26 Å². The van der Waals surface area contributed by atoms with E-state index in [0.29, 0.717) is 17.4 Å². The summed E-state index contributed by atoms with van der Waals surface area (Å²) in [7, 11) is 0. The zero-order valence-corrected chi connectivity index (χ0v) is 11.1. The highest BCUT2D eigenvalue weighted by molar-refractivity contribution is 5.48. The van der Waals surface area contributed by atoms with E-state index >= 15 is 0 Å². The van der Waals surface area contributed by atoms with Crippen LogP contribution in [0.4, 0.5) is 0 Å². The van der Waals surface area contributed by atoms with Crippen molar-refractivity contribution in [2.24, 2.45) is 11.3 Å². The second kappa shape index (κ2) is 3.89. The number of nitriles is 1. The van der Waals surface area contributed by atoms with Gasteiger partial charge in [0, 0.05) is 5.69 Å². The number of nitrogens with zero attached hydrogens (tertiary/aromatic N) is 4. The Kier molecular flexibility index (Phi) is 2.42. The van der Waals surface area contributed by atoms with Crippen molar-refractivity contribution in [3.05, 3.63) is 29.8 Å². The van der Waals surface area contributed by atoms with Gasteiger partial charge in [-0.3, -0.25) is 0 Å². The number of hydrogen-bond donors (Lipinski definition) is 0. The third-order valence-corrected chi connectivity index (χ3v) is 3.79. The van der Waals surface area contributed by atoms with Crippen LogP contribution in [-0.2, 0) is 0 Å². The van der Waals surface area contributed by atoms with E-state index in [1.165, 1.54) is 0 Å². The SMILES string of the molecule is Cc1cccc(-c2noc(C3C(C#N)C3(C)C)n2)n1. The van der Waals surface area contributed by atoms with E-state index in [-0.39, 0.29) is 17.3 Å². The van der Waals surface area contributed by atoms with Gasteiger partial charge in [0.05, 0.1) is 17.9 Å². The Balaban J connectivity index is 1.92. The molecule has 0 N–H and O–H groups in total. The molecule has 1 aliphatic carbocycles. The Labute approximate surface area is 111 Å². The van der Waals surface area contributed by atoms with Crippen LogP contribution >= 0.6 is 0 Å². The molecule has 1 fully saturated rings. The van der Waals surface area contributed by atoms with Crippen LogP contribution in [0.5, 0.6) is 0 Å². The first kappa shape index (κ1) is 11.8. The van der Waals surface area contributed by atoms with Gasteiger partial charge >= 0.3 is 0 Å². The van der Waals surface area contributed by atoms with Gasteiger partial charge in [-0.2, -0.15) is 10.2 Å². The van der Waals surface area contributed by atoms with Crippen molar-refractivity contribution < 1.29 is 4.52 Å². The van der Waals surface area contributed by atoms with E-state index < -0.39 is 0 Å². The zero-order chi connectivity index (χ0) is 13.6. The molecule has 0 aliphatic heterocycles. The summed E-state index contributed by atoms with van der Waals surface area (Å²) in [4.78, 5) is 8.75. The monoisotopic (exact) mass is 254 g/mol. The van der Waals surface area contributed by atoms with Gasteiger partial charge in [-0.05, 0) is 24.5 Å². The summed E-state index contributed by atoms with van der Waals surface area (Å²) < 4.78 is 5.30. The third-order valence-electron chi connectivity index (χ3n) is 3.79. The maximum absolute atomic E-state index is 9.08. The summed E-state index contributed by atoms with van der Waals surface area (Å²) in [6, 6.07) is 7.97. The van der Waals surface area contributed by atoms with E-state index in [2.05, 4.69) is 21.2 Å². The van der Waals surface area contributed by atoms with Crippen molar-refractivity contribution in [2.75, 3.05) is 0 Å². The van der Waals surface area contributed by atoms with Gasteiger partial charge in [-0.25, -0.2) is 4.98 Å². The molecule has 3 rings (SSSR count). The summed E-state index contributed by atoms with van der Waals surface area (Å²) >= 11 is 0. The average Bonchev–Trinajstić information content (AvgIpc) is 2.76. The molecule has 0 aromatic carbocycles. The first-order valence-electron chi connectivity index (χ1n) is 6.21. The standard InChI is InChI=1S/C14H14N4O/c1-8-5-4-6-10(16-8)12-17-13(19-18-12)11-9(7-15)14(11,2)3/h4-6,9,11H,1-3H3. The van der Waals surface area contributed by atoms with E-state index in [9.17, 15) is 0 Å². The molecule has 1 saturated carbocycles. The minimum atomic E-state index is -0.0847. The summed E-state index contributed by atoms with van der Waals surface area (Å²) in [5.74, 6) is 1.00. The smallest absolute Gasteiger partial charge is 0.232 e. The van der Waals surface area contributed by atoms with E-state index in [1.54, 1.807) is 0 Å². The van der Waals surface area contributed by atoms with Crippen LogP contribution < -0.4 is 0 Å². The van der Waals surface area contributed by atoms with Crippen LogP contribution in [0.1, 0.15) is 31.4 Å². The van der Waals surface area contributed by atoms with Gasteiger partial charge in [-0.1, -0.05) is 25.1 Å². The molecule has 5 nitrogen and oxygen atoms in total. The summed E-state index contributed by atoms with van der Waals surface area (Å²) in [5.41, 5.74) is 1.52. The van der Waals surface area contributed by atoms with E-state index in [4.69, 9.17) is 9.78 Å². The normalized spacial score (nSPS) is 23.9. The number of hydrogen-bond acceptors (Lipinski definition) is 5. The van der Waals surface area contributed by atoms with E-state index in [1.807, 2.05) is 39.0 Å². The van der Waals surface area contributed by atoms with Gasteiger partial charge < -0.3 is 4.52 Å². The van der Waals surface area contributed by atoms with Crippen LogP contribution in [0.25, 0.3) is 11.5 Å². The number of rotatable bonds is 2. The second-order valence-electron chi connectivity index (χ2n) is 5.53. The largest absolute Gasteiger partial charge is 0.339 e. The van der Waals surface area contributed by atoms with Crippen molar-refractivity contribution in [2.45, 2.75) is 26.7 Å². The van der Waals surface area contributed by atoms with Crippen LogP contribution in [0.2, 0.25) is 0 Å². The first-order valence-corrected chi connectivity index (χ1v) is 6.21. The molecule has 2 aromatic heterocycles. The molecule has 2 atom stereocenters. The number of aryl methyl sites for hydroxylation is 1. The van der Waals surface area contributed by atoms with Gasteiger partial charge in [0.15, 0.2) is 0 Å². The fourth-order valence-corrected chi connectivity index (χ4v) is 2.47. The molecule has 0 amide bonds. The average molecular weight is 254 g/mol.